The molecule has 7 heteroatoms. The molecule has 0 aliphatic rings. The van der Waals surface area contributed by atoms with Gasteiger partial charge in [-0.25, -0.2) is 0 Å². The summed E-state index contributed by atoms with van der Waals surface area (Å²) < 4.78 is 6.58. The quantitative estimate of drug-likeness (QED) is 0.559. The molecular formula is C22H26BrClN2O3. The van der Waals surface area contributed by atoms with Gasteiger partial charge in [0, 0.05) is 22.1 Å². The number of carbonyl (C=O) groups excluding carboxylic acids is 2. The maximum atomic E-state index is 13.0. The summed E-state index contributed by atoms with van der Waals surface area (Å²) in [6.45, 7) is 5.83. The minimum atomic E-state index is -0.589. The maximum absolute atomic E-state index is 13.0. The monoisotopic (exact) mass is 480 g/mol. The molecule has 2 rings (SSSR count). The lowest BCUT2D eigenvalue weighted by Gasteiger charge is -2.31. The first-order chi connectivity index (χ1) is 13.8. The van der Waals surface area contributed by atoms with Crippen molar-refractivity contribution >= 4 is 39.3 Å². The number of nitrogens with zero attached hydrogens (tertiary/aromatic N) is 1. The van der Waals surface area contributed by atoms with Crippen LogP contribution in [0.15, 0.2) is 53.0 Å². The highest BCUT2D eigenvalue weighted by atomic mass is 79.9. The van der Waals surface area contributed by atoms with Crippen molar-refractivity contribution < 1.29 is 14.3 Å². The fourth-order valence-electron chi connectivity index (χ4n) is 2.85. The molecule has 0 spiro atoms. The van der Waals surface area contributed by atoms with Crippen LogP contribution in [-0.4, -0.2) is 35.4 Å². The zero-order chi connectivity index (χ0) is 21.4. The van der Waals surface area contributed by atoms with Gasteiger partial charge < -0.3 is 15.0 Å². The van der Waals surface area contributed by atoms with E-state index in [0.29, 0.717) is 23.7 Å². The first-order valence-corrected chi connectivity index (χ1v) is 10.7. The van der Waals surface area contributed by atoms with Crippen LogP contribution in [0.3, 0.4) is 0 Å². The summed E-state index contributed by atoms with van der Waals surface area (Å²) in [5.41, 5.74) is 0.891. The number of hydrogen-bond acceptors (Lipinski definition) is 3. The summed E-state index contributed by atoms with van der Waals surface area (Å²) in [5.74, 6) is 0.162. The van der Waals surface area contributed by atoms with Crippen LogP contribution in [0.5, 0.6) is 5.75 Å². The number of hydrogen-bond donors (Lipinski definition) is 1. The minimum Gasteiger partial charge on any atom is -0.484 e. The van der Waals surface area contributed by atoms with Crippen molar-refractivity contribution in [2.45, 2.75) is 45.8 Å². The van der Waals surface area contributed by atoms with E-state index in [-0.39, 0.29) is 24.5 Å². The fourth-order valence-corrected chi connectivity index (χ4v) is 3.24. The molecule has 0 fully saturated rings. The van der Waals surface area contributed by atoms with Crippen LogP contribution in [-0.2, 0) is 16.1 Å². The Labute approximate surface area is 185 Å². The largest absolute Gasteiger partial charge is 0.484 e. The van der Waals surface area contributed by atoms with Crippen LogP contribution in [0.1, 0.15) is 32.8 Å². The maximum Gasteiger partial charge on any atom is 0.261 e. The molecule has 0 saturated carbocycles. The van der Waals surface area contributed by atoms with Crippen LogP contribution in [0.25, 0.3) is 0 Å². The number of carbonyl (C=O) groups is 2. The van der Waals surface area contributed by atoms with Crippen molar-refractivity contribution in [1.82, 2.24) is 10.2 Å². The van der Waals surface area contributed by atoms with Crippen LogP contribution in [0.2, 0.25) is 5.02 Å². The number of amides is 2. The zero-order valence-corrected chi connectivity index (χ0v) is 19.2. The molecule has 0 heterocycles. The molecule has 0 saturated heterocycles. The summed E-state index contributed by atoms with van der Waals surface area (Å²) >= 11 is 9.34. The normalized spacial score (nSPS) is 11.8. The van der Waals surface area contributed by atoms with Crippen molar-refractivity contribution in [2.75, 3.05) is 6.61 Å². The second-order valence-electron chi connectivity index (χ2n) is 6.98. The predicted octanol–water partition coefficient (Wildman–Crippen LogP) is 4.81. The van der Waals surface area contributed by atoms with Crippen molar-refractivity contribution in [1.29, 1.82) is 0 Å². The molecule has 0 radical (unpaired) electrons. The van der Waals surface area contributed by atoms with Gasteiger partial charge in [-0.3, -0.25) is 9.59 Å². The smallest absolute Gasteiger partial charge is 0.261 e. The molecule has 2 aromatic carbocycles. The Bertz CT molecular complexity index is 810. The lowest BCUT2D eigenvalue weighted by Crippen LogP contribution is -2.51. The molecule has 29 heavy (non-hydrogen) atoms. The third kappa shape index (κ3) is 7.37. The summed E-state index contributed by atoms with van der Waals surface area (Å²) in [7, 11) is 0. The van der Waals surface area contributed by atoms with E-state index in [4.69, 9.17) is 16.3 Å². The zero-order valence-electron chi connectivity index (χ0n) is 16.8. The Morgan fingerprint density at radius 2 is 1.72 bits per heavy atom. The van der Waals surface area contributed by atoms with Crippen molar-refractivity contribution in [3.8, 4) is 5.75 Å². The lowest BCUT2D eigenvalue weighted by atomic mass is 10.1. The third-order valence-electron chi connectivity index (χ3n) is 4.26. The van der Waals surface area contributed by atoms with Gasteiger partial charge in [-0.15, -0.1) is 0 Å². The molecule has 0 aliphatic heterocycles. The SMILES string of the molecule is CC[C@H](C(=O)NC(C)C)N(Cc1ccc(Cl)cc1)C(=O)COc1ccc(Br)cc1. The Hall–Kier alpha value is -2.05. The van der Waals surface area contributed by atoms with E-state index in [1.807, 2.05) is 45.0 Å². The van der Waals surface area contributed by atoms with Crippen molar-refractivity contribution in [3.63, 3.8) is 0 Å². The second-order valence-corrected chi connectivity index (χ2v) is 8.33. The van der Waals surface area contributed by atoms with Crippen LogP contribution in [0.4, 0.5) is 0 Å². The van der Waals surface area contributed by atoms with Gasteiger partial charge in [0.15, 0.2) is 6.61 Å². The lowest BCUT2D eigenvalue weighted by molar-refractivity contribution is -0.143. The van der Waals surface area contributed by atoms with Crippen LogP contribution in [0, 0.1) is 0 Å². The van der Waals surface area contributed by atoms with Crippen LogP contribution < -0.4 is 10.1 Å². The van der Waals surface area contributed by atoms with E-state index >= 15 is 0 Å². The molecule has 5 nitrogen and oxygen atoms in total. The first-order valence-electron chi connectivity index (χ1n) is 9.52. The number of rotatable bonds is 9. The minimum absolute atomic E-state index is 0.0111. The Balaban J connectivity index is 2.18. The Morgan fingerprint density at radius 3 is 2.28 bits per heavy atom. The second kappa shape index (κ2) is 11.2. The molecule has 0 bridgehead atoms. The summed E-state index contributed by atoms with van der Waals surface area (Å²) in [6, 6.07) is 13.9. The van der Waals surface area contributed by atoms with Gasteiger partial charge in [0.1, 0.15) is 11.8 Å². The Morgan fingerprint density at radius 1 is 1.10 bits per heavy atom. The van der Waals surface area contributed by atoms with E-state index in [0.717, 1.165) is 10.0 Å². The van der Waals surface area contributed by atoms with E-state index in [2.05, 4.69) is 21.2 Å². The van der Waals surface area contributed by atoms with Gasteiger partial charge in [-0.1, -0.05) is 46.6 Å². The number of benzene rings is 2. The number of nitrogens with one attached hydrogen (secondary N) is 1. The van der Waals surface area contributed by atoms with E-state index in [1.165, 1.54) is 0 Å². The Kier molecular flexibility index (Phi) is 8.99. The van der Waals surface area contributed by atoms with Gasteiger partial charge in [0.25, 0.3) is 5.91 Å². The fraction of sp³-hybridized carbons (Fsp3) is 0.364. The molecule has 2 amide bonds. The number of halogens is 2. The molecule has 0 aliphatic carbocycles. The van der Waals surface area contributed by atoms with E-state index < -0.39 is 6.04 Å². The van der Waals surface area contributed by atoms with Crippen LogP contribution >= 0.6 is 27.5 Å². The molecule has 0 aromatic heterocycles. The molecule has 1 N–H and O–H groups in total. The number of ether oxygens (including phenoxy) is 1. The third-order valence-corrected chi connectivity index (χ3v) is 5.04. The first kappa shape index (κ1) is 23.2. The van der Waals surface area contributed by atoms with Crippen molar-refractivity contribution in [3.05, 3.63) is 63.6 Å². The highest BCUT2D eigenvalue weighted by Crippen LogP contribution is 2.18. The predicted molar refractivity (Wildman–Crippen MR) is 119 cm³/mol. The van der Waals surface area contributed by atoms with Gasteiger partial charge in [0.2, 0.25) is 5.91 Å². The summed E-state index contributed by atoms with van der Waals surface area (Å²) in [6.07, 6.45) is 0.496. The van der Waals surface area contributed by atoms with E-state index in [9.17, 15) is 9.59 Å². The molecule has 2 aromatic rings. The highest BCUT2D eigenvalue weighted by molar-refractivity contribution is 9.10. The molecular weight excluding hydrogens is 456 g/mol. The topological polar surface area (TPSA) is 58.6 Å². The van der Waals surface area contributed by atoms with Gasteiger partial charge in [-0.05, 0) is 62.2 Å². The standard InChI is InChI=1S/C22H26BrClN2O3/c1-4-20(22(28)25-15(2)3)26(13-16-5-9-18(24)10-6-16)21(27)14-29-19-11-7-17(23)8-12-19/h5-12,15,20H,4,13-14H2,1-3H3,(H,25,28)/t20-/m1/s1. The highest BCUT2D eigenvalue weighted by Gasteiger charge is 2.29. The average molecular weight is 482 g/mol. The van der Waals surface area contributed by atoms with Gasteiger partial charge >= 0.3 is 0 Å². The molecule has 156 valence electrons. The van der Waals surface area contributed by atoms with Gasteiger partial charge in [-0.2, -0.15) is 0 Å². The summed E-state index contributed by atoms with van der Waals surface area (Å²) in [4.78, 5) is 27.3. The van der Waals surface area contributed by atoms with E-state index in [1.54, 1.807) is 29.2 Å². The molecule has 1 atom stereocenters. The average Bonchev–Trinajstić information content (AvgIpc) is 2.68. The summed E-state index contributed by atoms with van der Waals surface area (Å²) in [5, 5.41) is 3.52. The molecule has 0 unspecified atom stereocenters. The van der Waals surface area contributed by atoms with Crippen molar-refractivity contribution in [2.24, 2.45) is 0 Å². The van der Waals surface area contributed by atoms with Gasteiger partial charge in [0.05, 0.1) is 0 Å².